The second-order valence-electron chi connectivity index (χ2n) is 1.51. The van der Waals surface area contributed by atoms with Crippen molar-refractivity contribution < 1.29 is 26.0 Å². The van der Waals surface area contributed by atoms with Gasteiger partial charge in [-0.05, 0) is 0 Å². The molecule has 0 aliphatic rings. The molecule has 0 fully saturated rings. The van der Waals surface area contributed by atoms with Gasteiger partial charge in [0.25, 0.3) is 0 Å². The molecule has 0 atom stereocenters. The van der Waals surface area contributed by atoms with E-state index >= 15 is 0 Å². The van der Waals surface area contributed by atoms with Crippen LogP contribution >= 0.6 is 0 Å². The summed E-state index contributed by atoms with van der Waals surface area (Å²) in [5.41, 5.74) is 0. The van der Waals surface area contributed by atoms with Gasteiger partial charge >= 0.3 is 5.97 Å². The Kier molecular flexibility index (Phi) is 3.73. The number of hydrogen-bond acceptors (Lipinski definition) is 3. The molecule has 0 unspecified atom stereocenters. The molecule has 0 aliphatic heterocycles. The molecular formula is C5H6N2NiO2. The normalized spacial score (nSPS) is 8.10. The number of ether oxygens (including phenoxy) is 1. The predicted octanol–water partition coefficient (Wildman–Crippen LogP) is 0.332. The van der Waals surface area contributed by atoms with E-state index in [9.17, 15) is 4.79 Å². The number of H-pyrrole nitrogens is 1. The first kappa shape index (κ1) is 9.17. The van der Waals surface area contributed by atoms with E-state index in [-0.39, 0.29) is 22.5 Å². The quantitative estimate of drug-likeness (QED) is 0.506. The van der Waals surface area contributed by atoms with Crippen LogP contribution in [0.3, 0.4) is 0 Å². The van der Waals surface area contributed by atoms with Gasteiger partial charge in [0, 0.05) is 35.7 Å². The summed E-state index contributed by atoms with van der Waals surface area (Å²) in [5.74, 6) is -0.0513. The molecule has 0 aliphatic carbocycles. The largest absolute Gasteiger partial charge is 0.406 e. The average molecular weight is 185 g/mol. The first-order chi connectivity index (χ1) is 4.29. The minimum Gasteiger partial charge on any atom is -0.406 e. The summed E-state index contributed by atoms with van der Waals surface area (Å²) in [6.45, 7) is 1.33. The van der Waals surface area contributed by atoms with Crippen molar-refractivity contribution in [1.29, 1.82) is 0 Å². The number of aromatic amines is 1. The van der Waals surface area contributed by atoms with Crippen LogP contribution in [0.5, 0.6) is 5.88 Å². The van der Waals surface area contributed by atoms with Gasteiger partial charge < -0.3 is 4.74 Å². The van der Waals surface area contributed by atoms with Gasteiger partial charge in [0.1, 0.15) is 0 Å². The van der Waals surface area contributed by atoms with Gasteiger partial charge in [-0.2, -0.15) is 0 Å². The third-order valence-corrected chi connectivity index (χ3v) is 0.723. The zero-order chi connectivity index (χ0) is 6.69. The van der Waals surface area contributed by atoms with Crippen molar-refractivity contribution in [2.45, 2.75) is 6.92 Å². The maximum absolute atomic E-state index is 10.2. The van der Waals surface area contributed by atoms with Crippen molar-refractivity contribution in [1.82, 2.24) is 10.2 Å². The molecule has 4 nitrogen and oxygen atoms in total. The van der Waals surface area contributed by atoms with Crippen LogP contribution in [0.1, 0.15) is 6.92 Å². The SMILES string of the molecule is CC(=O)Oc1cc[nH]n1.[Ni]. The molecule has 1 N–H and O–H groups in total. The van der Waals surface area contributed by atoms with E-state index in [2.05, 4.69) is 14.9 Å². The maximum atomic E-state index is 10.2. The Labute approximate surface area is 67.9 Å². The number of nitrogens with one attached hydrogen (secondary N) is 1. The summed E-state index contributed by atoms with van der Waals surface area (Å²) in [4.78, 5) is 10.2. The van der Waals surface area contributed by atoms with Crippen LogP contribution in [0.25, 0.3) is 0 Å². The van der Waals surface area contributed by atoms with E-state index in [0.717, 1.165) is 0 Å². The molecular weight excluding hydrogens is 179 g/mol. The number of hydrogen-bond donors (Lipinski definition) is 1. The number of carbonyl (C=O) groups excluding carboxylic acids is 1. The fourth-order valence-corrected chi connectivity index (χ4v) is 0.451. The Morgan fingerprint density at radius 1 is 1.80 bits per heavy atom. The van der Waals surface area contributed by atoms with Crippen molar-refractivity contribution in [2.24, 2.45) is 0 Å². The van der Waals surface area contributed by atoms with E-state index in [0.29, 0.717) is 5.88 Å². The Balaban J connectivity index is 0.000000810. The van der Waals surface area contributed by atoms with Crippen LogP contribution < -0.4 is 4.74 Å². The molecule has 0 spiro atoms. The van der Waals surface area contributed by atoms with Crippen molar-refractivity contribution >= 4 is 5.97 Å². The summed E-state index contributed by atoms with van der Waals surface area (Å²) >= 11 is 0. The molecule has 1 rings (SSSR count). The van der Waals surface area contributed by atoms with E-state index in [1.54, 1.807) is 12.3 Å². The zero-order valence-electron chi connectivity index (χ0n) is 5.23. The van der Waals surface area contributed by atoms with Crippen molar-refractivity contribution in [2.75, 3.05) is 0 Å². The Bertz CT molecular complexity index is 197. The number of aromatic nitrogens is 2. The Morgan fingerprint density at radius 3 is 2.90 bits per heavy atom. The predicted molar refractivity (Wildman–Crippen MR) is 29.9 cm³/mol. The van der Waals surface area contributed by atoms with E-state index in [1.807, 2.05) is 0 Å². The molecule has 0 aromatic carbocycles. The number of rotatable bonds is 1. The molecule has 0 amide bonds. The fraction of sp³-hybridized carbons (Fsp3) is 0.200. The summed E-state index contributed by atoms with van der Waals surface area (Å²) < 4.78 is 4.57. The Morgan fingerprint density at radius 2 is 2.50 bits per heavy atom. The molecule has 1 heterocycles. The number of nitrogens with zero attached hydrogens (tertiary/aromatic N) is 1. The van der Waals surface area contributed by atoms with Gasteiger partial charge in [-0.15, -0.1) is 5.10 Å². The summed E-state index contributed by atoms with van der Waals surface area (Å²) in [6, 6.07) is 1.57. The van der Waals surface area contributed by atoms with Gasteiger partial charge in [-0.1, -0.05) is 0 Å². The zero-order valence-corrected chi connectivity index (χ0v) is 6.22. The standard InChI is InChI=1S/C5H6N2O2.Ni/c1-4(8)9-5-2-3-6-7-5;/h2-3H,1H3,(H,6,7);. The van der Waals surface area contributed by atoms with Gasteiger partial charge in [-0.25, -0.2) is 0 Å². The molecule has 1 aromatic heterocycles. The maximum Gasteiger partial charge on any atom is 0.309 e. The molecule has 0 radical (unpaired) electrons. The minimum absolute atomic E-state index is 0. The molecule has 0 saturated carbocycles. The van der Waals surface area contributed by atoms with Crippen LogP contribution in [0, 0.1) is 0 Å². The summed E-state index contributed by atoms with van der Waals surface area (Å²) in [7, 11) is 0. The van der Waals surface area contributed by atoms with Crippen LogP contribution in [0.15, 0.2) is 12.3 Å². The third-order valence-electron chi connectivity index (χ3n) is 0.723. The smallest absolute Gasteiger partial charge is 0.309 e. The first-order valence-corrected chi connectivity index (χ1v) is 2.47. The van der Waals surface area contributed by atoms with Crippen molar-refractivity contribution in [3.63, 3.8) is 0 Å². The van der Waals surface area contributed by atoms with Crippen LogP contribution in [-0.2, 0) is 21.3 Å². The number of carbonyl (C=O) groups is 1. The van der Waals surface area contributed by atoms with E-state index in [4.69, 9.17) is 0 Å². The van der Waals surface area contributed by atoms with Gasteiger partial charge in [-0.3, -0.25) is 9.89 Å². The van der Waals surface area contributed by atoms with Crippen LogP contribution in [0.2, 0.25) is 0 Å². The van der Waals surface area contributed by atoms with Gasteiger partial charge in [0.05, 0.1) is 0 Å². The molecule has 0 saturated heterocycles. The van der Waals surface area contributed by atoms with Crippen LogP contribution in [0.4, 0.5) is 0 Å². The minimum atomic E-state index is -0.359. The second-order valence-corrected chi connectivity index (χ2v) is 1.51. The van der Waals surface area contributed by atoms with Gasteiger partial charge in [0.15, 0.2) is 0 Å². The number of esters is 1. The summed E-state index contributed by atoms with van der Waals surface area (Å²) in [6.07, 6.45) is 1.58. The molecule has 10 heavy (non-hydrogen) atoms. The fourth-order valence-electron chi connectivity index (χ4n) is 0.451. The van der Waals surface area contributed by atoms with Crippen LogP contribution in [-0.4, -0.2) is 16.2 Å². The summed E-state index contributed by atoms with van der Waals surface area (Å²) in [5, 5.41) is 6.10. The third kappa shape index (κ3) is 2.64. The van der Waals surface area contributed by atoms with Gasteiger partial charge in [0.2, 0.25) is 5.88 Å². The first-order valence-electron chi connectivity index (χ1n) is 2.47. The monoisotopic (exact) mass is 184 g/mol. The van der Waals surface area contributed by atoms with E-state index in [1.165, 1.54) is 6.92 Å². The Hall–Kier alpha value is -0.826. The topological polar surface area (TPSA) is 55.0 Å². The van der Waals surface area contributed by atoms with Crippen molar-refractivity contribution in [3.05, 3.63) is 12.3 Å². The molecule has 1 aromatic rings. The van der Waals surface area contributed by atoms with E-state index < -0.39 is 0 Å². The average Bonchev–Trinajstić information content (AvgIpc) is 2.15. The molecule has 0 bridgehead atoms. The molecule has 5 heteroatoms. The molecule has 58 valence electrons. The second kappa shape index (κ2) is 4.06. The van der Waals surface area contributed by atoms with Crippen molar-refractivity contribution in [3.8, 4) is 5.88 Å².